The Morgan fingerprint density at radius 1 is 1.16 bits per heavy atom. The number of hydrogen-bond acceptors (Lipinski definition) is 1. The molecule has 0 spiro atoms. The van der Waals surface area contributed by atoms with Gasteiger partial charge < -0.3 is 4.74 Å². The van der Waals surface area contributed by atoms with Crippen molar-refractivity contribution in [2.75, 3.05) is 6.61 Å². The molecule has 19 heavy (non-hydrogen) atoms. The predicted molar refractivity (Wildman–Crippen MR) is 81.3 cm³/mol. The van der Waals surface area contributed by atoms with Crippen LogP contribution in [0.4, 0.5) is 0 Å². The summed E-state index contributed by atoms with van der Waals surface area (Å²) in [6, 6.07) is 8.88. The Bertz CT molecular complexity index is 385. The van der Waals surface area contributed by atoms with Gasteiger partial charge in [-0.25, -0.2) is 0 Å². The summed E-state index contributed by atoms with van der Waals surface area (Å²) in [6.07, 6.45) is 6.53. The molecule has 3 unspecified atom stereocenters. The Morgan fingerprint density at radius 3 is 2.68 bits per heavy atom. The minimum atomic E-state index is 0.313. The van der Waals surface area contributed by atoms with Crippen LogP contribution in [0.3, 0.4) is 0 Å². The van der Waals surface area contributed by atoms with E-state index >= 15 is 0 Å². The average Bonchev–Trinajstić information content (AvgIpc) is 2.43. The maximum absolute atomic E-state index is 6.24. The number of benzene rings is 1. The summed E-state index contributed by atoms with van der Waals surface area (Å²) in [4.78, 5) is 0. The summed E-state index contributed by atoms with van der Waals surface area (Å²) in [7, 11) is 0. The maximum atomic E-state index is 6.24. The van der Waals surface area contributed by atoms with Crippen LogP contribution in [-0.2, 0) is 11.2 Å². The van der Waals surface area contributed by atoms with Crippen LogP contribution in [0.1, 0.15) is 63.7 Å². The highest BCUT2D eigenvalue weighted by Crippen LogP contribution is 2.41. The molecule has 0 saturated carbocycles. The van der Waals surface area contributed by atoms with E-state index in [9.17, 15) is 0 Å². The lowest BCUT2D eigenvalue weighted by molar-refractivity contribution is -0.0137. The van der Waals surface area contributed by atoms with Crippen LogP contribution in [0.5, 0.6) is 0 Å². The highest BCUT2D eigenvalue weighted by atomic mass is 16.5. The first-order valence-electron chi connectivity index (χ1n) is 7.97. The van der Waals surface area contributed by atoms with Crippen LogP contribution in [-0.4, -0.2) is 6.61 Å². The van der Waals surface area contributed by atoms with Crippen molar-refractivity contribution < 1.29 is 4.74 Å². The Kier molecular flexibility index (Phi) is 5.45. The molecule has 0 N–H and O–H groups in total. The number of rotatable bonds is 6. The second-order valence-corrected chi connectivity index (χ2v) is 5.96. The molecular weight excluding hydrogens is 232 g/mol. The fourth-order valence-corrected chi connectivity index (χ4v) is 3.33. The summed E-state index contributed by atoms with van der Waals surface area (Å²) < 4.78 is 6.24. The van der Waals surface area contributed by atoms with E-state index in [1.807, 2.05) is 0 Å². The van der Waals surface area contributed by atoms with Crippen molar-refractivity contribution in [2.24, 2.45) is 11.8 Å². The van der Waals surface area contributed by atoms with Crippen molar-refractivity contribution in [2.45, 2.75) is 59.0 Å². The molecule has 0 fully saturated rings. The van der Waals surface area contributed by atoms with Gasteiger partial charge in [-0.05, 0) is 35.8 Å². The molecule has 1 aromatic carbocycles. The quantitative estimate of drug-likeness (QED) is 0.642. The lowest BCUT2D eigenvalue weighted by atomic mass is 9.73. The first-order chi connectivity index (χ1) is 9.27. The van der Waals surface area contributed by atoms with Gasteiger partial charge in [-0.15, -0.1) is 0 Å². The van der Waals surface area contributed by atoms with Gasteiger partial charge in [-0.3, -0.25) is 0 Å². The van der Waals surface area contributed by atoms with Crippen LogP contribution >= 0.6 is 0 Å². The summed E-state index contributed by atoms with van der Waals surface area (Å²) in [5.74, 6) is 1.43. The minimum absolute atomic E-state index is 0.313. The van der Waals surface area contributed by atoms with Crippen LogP contribution in [0.2, 0.25) is 0 Å². The van der Waals surface area contributed by atoms with Gasteiger partial charge in [0.05, 0.1) is 6.10 Å². The van der Waals surface area contributed by atoms with Crippen molar-refractivity contribution >= 4 is 0 Å². The van der Waals surface area contributed by atoms with Gasteiger partial charge in [0, 0.05) is 6.61 Å². The third-order valence-electron chi connectivity index (χ3n) is 4.52. The average molecular weight is 260 g/mol. The zero-order valence-corrected chi connectivity index (χ0v) is 12.7. The molecular formula is C18H28O. The molecule has 0 bridgehead atoms. The molecule has 1 heteroatoms. The second-order valence-electron chi connectivity index (χ2n) is 5.96. The van der Waals surface area contributed by atoms with Crippen LogP contribution in [0.15, 0.2) is 24.3 Å². The number of hydrogen-bond donors (Lipinski definition) is 0. The van der Waals surface area contributed by atoms with Gasteiger partial charge in [-0.1, -0.05) is 64.3 Å². The predicted octanol–water partition coefficient (Wildman–Crippen LogP) is 5.15. The third-order valence-corrected chi connectivity index (χ3v) is 4.52. The van der Waals surface area contributed by atoms with E-state index in [2.05, 4.69) is 45.0 Å². The normalized spacial score (nSPS) is 26.2. The smallest absolute Gasteiger partial charge is 0.0855 e. The maximum Gasteiger partial charge on any atom is 0.0855 e. The molecule has 106 valence electrons. The number of ether oxygens (including phenoxy) is 1. The molecule has 1 nitrogen and oxygen atoms in total. The Labute approximate surface area is 118 Å². The monoisotopic (exact) mass is 260 g/mol. The topological polar surface area (TPSA) is 9.23 Å². The minimum Gasteiger partial charge on any atom is -0.373 e. The van der Waals surface area contributed by atoms with Gasteiger partial charge in [0.25, 0.3) is 0 Å². The zero-order chi connectivity index (χ0) is 13.7. The van der Waals surface area contributed by atoms with E-state index in [0.717, 1.165) is 12.5 Å². The summed E-state index contributed by atoms with van der Waals surface area (Å²) in [5, 5.41) is 0. The van der Waals surface area contributed by atoms with E-state index in [4.69, 9.17) is 4.74 Å². The summed E-state index contributed by atoms with van der Waals surface area (Å²) in [6.45, 7) is 7.80. The molecule has 1 aliphatic rings. The fraction of sp³-hybridized carbons (Fsp3) is 0.667. The summed E-state index contributed by atoms with van der Waals surface area (Å²) >= 11 is 0. The van der Waals surface area contributed by atoms with Crippen LogP contribution in [0.25, 0.3) is 0 Å². The van der Waals surface area contributed by atoms with Crippen molar-refractivity contribution in [3.05, 3.63) is 35.4 Å². The Morgan fingerprint density at radius 2 is 1.95 bits per heavy atom. The molecule has 0 saturated heterocycles. The molecule has 0 amide bonds. The fourth-order valence-electron chi connectivity index (χ4n) is 3.33. The molecule has 0 aromatic heterocycles. The SMILES string of the molecule is CCCCOC1c2ccccc2CC(CCC)C1C. The van der Waals surface area contributed by atoms with Crippen molar-refractivity contribution in [1.82, 2.24) is 0 Å². The summed E-state index contributed by atoms with van der Waals surface area (Å²) in [5.41, 5.74) is 2.96. The van der Waals surface area contributed by atoms with Crippen LogP contribution in [0, 0.1) is 11.8 Å². The van der Waals surface area contributed by atoms with Crippen molar-refractivity contribution in [1.29, 1.82) is 0 Å². The third kappa shape index (κ3) is 3.39. The van der Waals surface area contributed by atoms with E-state index in [1.54, 1.807) is 0 Å². The van der Waals surface area contributed by atoms with Gasteiger partial charge >= 0.3 is 0 Å². The largest absolute Gasteiger partial charge is 0.373 e. The van der Waals surface area contributed by atoms with Gasteiger partial charge in [-0.2, -0.15) is 0 Å². The molecule has 2 rings (SSSR count). The van der Waals surface area contributed by atoms with Crippen LogP contribution < -0.4 is 0 Å². The van der Waals surface area contributed by atoms with Gasteiger partial charge in [0.1, 0.15) is 0 Å². The van der Waals surface area contributed by atoms with E-state index in [0.29, 0.717) is 12.0 Å². The second kappa shape index (κ2) is 7.09. The molecule has 0 radical (unpaired) electrons. The van der Waals surface area contributed by atoms with Gasteiger partial charge in [0.15, 0.2) is 0 Å². The zero-order valence-electron chi connectivity index (χ0n) is 12.7. The van der Waals surface area contributed by atoms with E-state index in [-0.39, 0.29) is 0 Å². The first-order valence-corrected chi connectivity index (χ1v) is 7.97. The number of unbranched alkanes of at least 4 members (excludes halogenated alkanes) is 1. The molecule has 1 aromatic rings. The lowest BCUT2D eigenvalue weighted by Gasteiger charge is -2.37. The Balaban J connectivity index is 2.17. The first kappa shape index (κ1) is 14.6. The van der Waals surface area contributed by atoms with Crippen molar-refractivity contribution in [3.63, 3.8) is 0 Å². The molecule has 3 atom stereocenters. The lowest BCUT2D eigenvalue weighted by Crippen LogP contribution is -2.29. The number of fused-ring (bicyclic) bond motifs is 1. The van der Waals surface area contributed by atoms with Gasteiger partial charge in [0.2, 0.25) is 0 Å². The van der Waals surface area contributed by atoms with E-state index in [1.165, 1.54) is 43.2 Å². The highest BCUT2D eigenvalue weighted by molar-refractivity contribution is 5.32. The molecule has 1 aliphatic carbocycles. The highest BCUT2D eigenvalue weighted by Gasteiger charge is 2.33. The van der Waals surface area contributed by atoms with Crippen molar-refractivity contribution in [3.8, 4) is 0 Å². The molecule has 0 aliphatic heterocycles. The Hall–Kier alpha value is -0.820. The molecule has 0 heterocycles. The standard InChI is InChI=1S/C18H28O/c1-4-6-12-19-18-14(3)15(9-5-2)13-16-10-7-8-11-17(16)18/h7-8,10-11,14-15,18H,4-6,9,12-13H2,1-3H3. The van der Waals surface area contributed by atoms with E-state index < -0.39 is 0 Å².